The maximum atomic E-state index is 5.78. The van der Waals surface area contributed by atoms with Gasteiger partial charge in [0, 0.05) is 6.20 Å². The minimum Gasteiger partial charge on any atom is -0.368 e. The predicted molar refractivity (Wildman–Crippen MR) is 43.7 cm³/mol. The van der Waals surface area contributed by atoms with Crippen LogP contribution in [0.3, 0.4) is 0 Å². The first-order chi connectivity index (χ1) is 5.00. The first kappa shape index (κ1) is 7.94. The van der Waals surface area contributed by atoms with Crippen LogP contribution in [0.5, 0.6) is 0 Å². The van der Waals surface area contributed by atoms with Gasteiger partial charge in [0.15, 0.2) is 0 Å². The Morgan fingerprint density at radius 2 is 2.09 bits per heavy atom. The van der Waals surface area contributed by atoms with Gasteiger partial charge in [-0.15, -0.1) is 0 Å². The minimum absolute atomic E-state index is 0.265. The number of hydrogen-bond donors (Lipinski definition) is 2. The van der Waals surface area contributed by atoms with Crippen molar-refractivity contribution >= 4 is 5.95 Å². The highest BCUT2D eigenvalue weighted by Crippen LogP contribution is 2.13. The van der Waals surface area contributed by atoms with Crippen molar-refractivity contribution in [2.45, 2.75) is 19.4 Å². The summed E-state index contributed by atoms with van der Waals surface area (Å²) in [5.74, 6) is 0.265. The monoisotopic (exact) mass is 152 g/mol. The van der Waals surface area contributed by atoms with E-state index < -0.39 is 5.54 Å². The van der Waals surface area contributed by atoms with Crippen LogP contribution in [0.1, 0.15) is 19.5 Å². The Labute approximate surface area is 65.6 Å². The summed E-state index contributed by atoms with van der Waals surface area (Å²) in [5, 5.41) is 0. The van der Waals surface area contributed by atoms with Crippen molar-refractivity contribution in [1.82, 2.24) is 9.97 Å². The minimum atomic E-state index is -0.447. The summed E-state index contributed by atoms with van der Waals surface area (Å²) >= 11 is 0. The molecule has 1 heterocycles. The summed E-state index contributed by atoms with van der Waals surface area (Å²) in [7, 11) is 0. The molecule has 1 aromatic rings. The molecule has 11 heavy (non-hydrogen) atoms. The highest BCUT2D eigenvalue weighted by atomic mass is 15.0. The summed E-state index contributed by atoms with van der Waals surface area (Å²) in [5.41, 5.74) is 11.5. The molecule has 0 unspecified atom stereocenters. The summed E-state index contributed by atoms with van der Waals surface area (Å²) < 4.78 is 0. The highest BCUT2D eigenvalue weighted by Gasteiger charge is 2.15. The Balaban J connectivity index is 3.06. The number of nitrogens with zero attached hydrogens (tertiary/aromatic N) is 2. The van der Waals surface area contributed by atoms with Crippen LogP contribution in [-0.4, -0.2) is 9.97 Å². The lowest BCUT2D eigenvalue weighted by Crippen LogP contribution is -2.30. The number of nitrogen functional groups attached to an aromatic ring is 1. The molecule has 0 aliphatic rings. The molecule has 1 aromatic heterocycles. The molecule has 60 valence electrons. The zero-order valence-corrected chi connectivity index (χ0v) is 6.70. The van der Waals surface area contributed by atoms with Crippen LogP contribution in [0, 0.1) is 0 Å². The normalized spacial score (nSPS) is 11.5. The van der Waals surface area contributed by atoms with Crippen LogP contribution in [0.2, 0.25) is 0 Å². The molecule has 4 nitrogen and oxygen atoms in total. The van der Waals surface area contributed by atoms with E-state index in [9.17, 15) is 0 Å². The average Bonchev–Trinajstić information content (AvgIpc) is 1.86. The topological polar surface area (TPSA) is 77.8 Å². The van der Waals surface area contributed by atoms with E-state index >= 15 is 0 Å². The van der Waals surface area contributed by atoms with E-state index in [0.29, 0.717) is 0 Å². The number of hydrogen-bond acceptors (Lipinski definition) is 4. The van der Waals surface area contributed by atoms with E-state index in [2.05, 4.69) is 9.97 Å². The second-order valence-corrected chi connectivity index (χ2v) is 3.02. The Bertz CT molecular complexity index is 251. The van der Waals surface area contributed by atoms with E-state index in [-0.39, 0.29) is 5.95 Å². The molecule has 0 spiro atoms. The van der Waals surface area contributed by atoms with Gasteiger partial charge in [0.25, 0.3) is 0 Å². The van der Waals surface area contributed by atoms with Crippen LogP contribution in [0.4, 0.5) is 5.95 Å². The third-order valence-corrected chi connectivity index (χ3v) is 1.33. The van der Waals surface area contributed by atoms with Crippen molar-refractivity contribution in [2.24, 2.45) is 5.73 Å². The molecule has 1 rings (SSSR count). The second kappa shape index (κ2) is 2.47. The molecule has 0 atom stereocenters. The molecule has 0 bridgehead atoms. The fourth-order valence-corrected chi connectivity index (χ4v) is 0.733. The molecule has 0 fully saturated rings. The Kier molecular flexibility index (Phi) is 1.78. The van der Waals surface area contributed by atoms with Crippen molar-refractivity contribution in [2.75, 3.05) is 5.73 Å². The fraction of sp³-hybridized carbons (Fsp3) is 0.429. The molecule has 4 heteroatoms. The van der Waals surface area contributed by atoms with Gasteiger partial charge in [0.05, 0.1) is 11.2 Å². The third kappa shape index (κ3) is 1.88. The standard InChI is InChI=1S/C7H12N4/c1-7(2,9)5-3-4-10-6(8)11-5/h3-4H,9H2,1-2H3,(H2,8,10,11). The van der Waals surface area contributed by atoms with E-state index in [1.165, 1.54) is 0 Å². The molecule has 0 saturated carbocycles. The van der Waals surface area contributed by atoms with Gasteiger partial charge in [-0.1, -0.05) is 0 Å². The summed E-state index contributed by atoms with van der Waals surface area (Å²) in [6.45, 7) is 3.74. The van der Waals surface area contributed by atoms with Crippen molar-refractivity contribution in [3.8, 4) is 0 Å². The Morgan fingerprint density at radius 1 is 1.45 bits per heavy atom. The van der Waals surface area contributed by atoms with Crippen molar-refractivity contribution in [3.63, 3.8) is 0 Å². The Hall–Kier alpha value is -1.16. The average molecular weight is 152 g/mol. The molecule has 0 aliphatic carbocycles. The molecule has 0 saturated heterocycles. The molecule has 0 radical (unpaired) electrons. The number of rotatable bonds is 1. The van der Waals surface area contributed by atoms with Gasteiger partial charge in [0.1, 0.15) is 0 Å². The molecule has 0 aromatic carbocycles. The van der Waals surface area contributed by atoms with Gasteiger partial charge in [0.2, 0.25) is 5.95 Å². The predicted octanol–water partition coefficient (Wildman–Crippen LogP) is 0.253. The molecule has 0 amide bonds. The lowest BCUT2D eigenvalue weighted by molar-refractivity contribution is 0.534. The van der Waals surface area contributed by atoms with Crippen LogP contribution < -0.4 is 11.5 Å². The van der Waals surface area contributed by atoms with Gasteiger partial charge >= 0.3 is 0 Å². The maximum Gasteiger partial charge on any atom is 0.220 e. The van der Waals surface area contributed by atoms with E-state index in [1.54, 1.807) is 12.3 Å². The number of aromatic nitrogens is 2. The SMILES string of the molecule is CC(C)(N)c1ccnc(N)n1. The lowest BCUT2D eigenvalue weighted by Gasteiger charge is -2.16. The quantitative estimate of drug-likeness (QED) is 0.604. The fourth-order valence-electron chi connectivity index (χ4n) is 0.733. The van der Waals surface area contributed by atoms with Crippen LogP contribution >= 0.6 is 0 Å². The van der Waals surface area contributed by atoms with Gasteiger partial charge in [-0.2, -0.15) is 0 Å². The summed E-state index contributed by atoms with van der Waals surface area (Å²) in [6.07, 6.45) is 1.60. The Morgan fingerprint density at radius 3 is 2.45 bits per heavy atom. The molecular weight excluding hydrogens is 140 g/mol. The molecule has 0 aliphatic heterocycles. The zero-order chi connectivity index (χ0) is 8.48. The first-order valence-corrected chi connectivity index (χ1v) is 3.38. The van der Waals surface area contributed by atoms with Crippen molar-refractivity contribution in [1.29, 1.82) is 0 Å². The van der Waals surface area contributed by atoms with Crippen molar-refractivity contribution in [3.05, 3.63) is 18.0 Å². The molecule has 4 N–H and O–H groups in total. The highest BCUT2D eigenvalue weighted by molar-refractivity contribution is 5.21. The van der Waals surface area contributed by atoms with Crippen LogP contribution in [0.25, 0.3) is 0 Å². The van der Waals surface area contributed by atoms with Gasteiger partial charge in [-0.05, 0) is 19.9 Å². The number of anilines is 1. The zero-order valence-electron chi connectivity index (χ0n) is 6.70. The van der Waals surface area contributed by atoms with E-state index in [4.69, 9.17) is 11.5 Å². The van der Waals surface area contributed by atoms with E-state index in [0.717, 1.165) is 5.69 Å². The maximum absolute atomic E-state index is 5.78. The number of nitrogens with two attached hydrogens (primary N) is 2. The van der Waals surface area contributed by atoms with Gasteiger partial charge in [-0.25, -0.2) is 9.97 Å². The van der Waals surface area contributed by atoms with Gasteiger partial charge < -0.3 is 11.5 Å². The van der Waals surface area contributed by atoms with Crippen LogP contribution in [-0.2, 0) is 5.54 Å². The smallest absolute Gasteiger partial charge is 0.220 e. The largest absolute Gasteiger partial charge is 0.368 e. The summed E-state index contributed by atoms with van der Waals surface area (Å²) in [6, 6.07) is 1.76. The second-order valence-electron chi connectivity index (χ2n) is 3.02. The van der Waals surface area contributed by atoms with E-state index in [1.807, 2.05) is 13.8 Å². The lowest BCUT2D eigenvalue weighted by atomic mass is 10.0. The van der Waals surface area contributed by atoms with Gasteiger partial charge in [-0.3, -0.25) is 0 Å². The third-order valence-electron chi connectivity index (χ3n) is 1.33. The van der Waals surface area contributed by atoms with Crippen LogP contribution in [0.15, 0.2) is 12.3 Å². The summed E-state index contributed by atoms with van der Waals surface area (Å²) in [4.78, 5) is 7.75. The van der Waals surface area contributed by atoms with Crippen molar-refractivity contribution < 1.29 is 0 Å². The molecular formula is C7H12N4. The first-order valence-electron chi connectivity index (χ1n) is 3.38.